The molecule has 0 unspecified atom stereocenters. The first-order chi connectivity index (χ1) is 7.58. The van der Waals surface area contributed by atoms with Crippen molar-refractivity contribution < 1.29 is 72.6 Å². The van der Waals surface area contributed by atoms with Crippen molar-refractivity contribution >= 4 is 22.7 Å². The molecule has 2 aromatic carbocycles. The molecule has 0 radical (unpaired) electrons. The van der Waals surface area contributed by atoms with Gasteiger partial charge in [-0.1, -0.05) is 0 Å². The summed E-state index contributed by atoms with van der Waals surface area (Å²) in [6, 6.07) is 15.6. The number of rotatable bonds is 0. The van der Waals surface area contributed by atoms with Crippen LogP contribution in [0.5, 0.6) is 0 Å². The number of hydrogen-bond donors (Lipinski definition) is 4. The minimum absolute atomic E-state index is 0. The molecule has 0 heterocycles. The number of quaternary nitrogens is 4. The Morgan fingerprint density at radius 1 is 0.350 bits per heavy atom. The summed E-state index contributed by atoms with van der Waals surface area (Å²) in [5.41, 5.74) is 19.1. The highest BCUT2D eigenvalue weighted by Crippen LogP contribution is 2.02. The molecule has 0 saturated heterocycles. The monoisotopic (exact) mass is 360 g/mol. The zero-order valence-electron chi connectivity index (χ0n) is 11.0. The lowest BCUT2D eigenvalue weighted by Gasteiger charge is -1.83. The van der Waals surface area contributed by atoms with Crippen LogP contribution in [0.4, 0.5) is 22.7 Å². The molecule has 2 aromatic rings. The second-order valence-corrected chi connectivity index (χ2v) is 3.63. The van der Waals surface area contributed by atoms with E-state index in [0.29, 0.717) is 0 Å². The third kappa shape index (κ3) is 12.5. The Morgan fingerprint density at radius 3 is 0.550 bits per heavy atom. The zero-order chi connectivity index (χ0) is 12.0. The van der Waals surface area contributed by atoms with E-state index in [4.69, 9.17) is 0 Å². The van der Waals surface area contributed by atoms with Gasteiger partial charge >= 0.3 is 0 Å². The number of halogens is 4. The molecule has 8 heteroatoms. The summed E-state index contributed by atoms with van der Waals surface area (Å²) in [5.74, 6) is 0. The minimum atomic E-state index is 0. The van der Waals surface area contributed by atoms with Crippen molar-refractivity contribution in [3.8, 4) is 0 Å². The van der Waals surface area contributed by atoms with Gasteiger partial charge in [-0.15, -0.1) is 0 Å². The molecule has 116 valence electrons. The van der Waals surface area contributed by atoms with Crippen molar-refractivity contribution in [1.82, 2.24) is 0 Å². The van der Waals surface area contributed by atoms with Gasteiger partial charge in [0.15, 0.2) is 0 Å². The van der Waals surface area contributed by atoms with E-state index in [9.17, 15) is 0 Å². The van der Waals surface area contributed by atoms with Crippen LogP contribution in [0.1, 0.15) is 0 Å². The molecule has 2 rings (SSSR count). The topological polar surface area (TPSA) is 111 Å². The quantitative estimate of drug-likeness (QED) is 0.357. The van der Waals surface area contributed by atoms with Crippen molar-refractivity contribution in [1.29, 1.82) is 0 Å². The Kier molecular flexibility index (Phi) is 20.6. The predicted octanol–water partition coefficient (Wildman–Crippen LogP) is -13.1. The number of benzene rings is 2. The fourth-order valence-electron chi connectivity index (χ4n) is 1.08. The van der Waals surface area contributed by atoms with Crippen molar-refractivity contribution in [2.24, 2.45) is 0 Å². The van der Waals surface area contributed by atoms with Gasteiger partial charge in [0.1, 0.15) is 22.7 Å². The third-order valence-corrected chi connectivity index (χ3v) is 2.05. The molecule has 4 nitrogen and oxygen atoms in total. The van der Waals surface area contributed by atoms with E-state index in [1.165, 1.54) is 0 Å². The summed E-state index contributed by atoms with van der Waals surface area (Å²) in [4.78, 5) is 0. The maximum Gasteiger partial charge on any atom is 0.128 e. The molecular weight excluding hydrogens is 342 g/mol. The summed E-state index contributed by atoms with van der Waals surface area (Å²) >= 11 is 0. The van der Waals surface area contributed by atoms with Crippen LogP contribution < -0.4 is 72.6 Å². The number of hydrogen-bond acceptors (Lipinski definition) is 0. The molecule has 12 N–H and O–H groups in total. The van der Waals surface area contributed by atoms with Crippen molar-refractivity contribution in [2.45, 2.75) is 0 Å². The summed E-state index contributed by atoms with van der Waals surface area (Å²) in [6.45, 7) is 0. The molecule has 0 atom stereocenters. The van der Waals surface area contributed by atoms with E-state index in [0.717, 1.165) is 22.7 Å². The summed E-state index contributed by atoms with van der Waals surface area (Å²) in [6.07, 6.45) is 0. The SMILES string of the molecule is [Cl-].[Cl-].[Cl-].[Cl-].[NH3+]c1ccc([NH3+])cc1.[NH3+]c1ccc([NH3+])cc1. The summed E-state index contributed by atoms with van der Waals surface area (Å²) in [7, 11) is 0. The largest absolute Gasteiger partial charge is 1.00 e. The highest BCUT2D eigenvalue weighted by molar-refractivity contribution is 5.38. The first-order valence-electron chi connectivity index (χ1n) is 5.06. The Bertz CT molecular complexity index is 349. The van der Waals surface area contributed by atoms with Crippen molar-refractivity contribution in [3.63, 3.8) is 0 Å². The Morgan fingerprint density at radius 2 is 0.450 bits per heavy atom. The maximum atomic E-state index is 3.73. The molecular formula is C12H20Cl4N4. The summed E-state index contributed by atoms with van der Waals surface area (Å²) < 4.78 is 0. The molecule has 0 spiro atoms. The lowest BCUT2D eigenvalue weighted by Crippen LogP contribution is -3.00. The van der Waals surface area contributed by atoms with Gasteiger partial charge < -0.3 is 72.6 Å². The van der Waals surface area contributed by atoms with Crippen LogP contribution in [-0.4, -0.2) is 0 Å². The van der Waals surface area contributed by atoms with E-state index in [2.05, 4.69) is 22.9 Å². The third-order valence-electron chi connectivity index (χ3n) is 2.05. The highest BCUT2D eigenvalue weighted by atomic mass is 35.5. The van der Waals surface area contributed by atoms with Gasteiger partial charge in [-0.05, 0) is 0 Å². The summed E-state index contributed by atoms with van der Waals surface area (Å²) in [5, 5.41) is 0. The smallest absolute Gasteiger partial charge is 0.128 e. The first kappa shape index (κ1) is 27.7. The van der Waals surface area contributed by atoms with Crippen molar-refractivity contribution in [3.05, 3.63) is 48.5 Å². The van der Waals surface area contributed by atoms with E-state index in [1.54, 1.807) is 0 Å². The molecule has 0 bridgehead atoms. The van der Waals surface area contributed by atoms with Crippen LogP contribution >= 0.6 is 0 Å². The maximum absolute atomic E-state index is 3.73. The van der Waals surface area contributed by atoms with E-state index < -0.39 is 0 Å². The van der Waals surface area contributed by atoms with Gasteiger partial charge in [-0.25, -0.2) is 0 Å². The van der Waals surface area contributed by atoms with Crippen LogP contribution in [-0.2, 0) is 0 Å². The average molecular weight is 362 g/mol. The van der Waals surface area contributed by atoms with Gasteiger partial charge in [0.05, 0.1) is 0 Å². The fraction of sp³-hybridized carbons (Fsp3) is 0. The van der Waals surface area contributed by atoms with Gasteiger partial charge in [-0.2, -0.15) is 0 Å². The molecule has 0 aromatic heterocycles. The van der Waals surface area contributed by atoms with Gasteiger partial charge in [0.25, 0.3) is 0 Å². The van der Waals surface area contributed by atoms with Crippen molar-refractivity contribution in [2.75, 3.05) is 0 Å². The predicted molar refractivity (Wildman–Crippen MR) is 63.1 cm³/mol. The minimum Gasteiger partial charge on any atom is -1.00 e. The molecule has 0 saturated carbocycles. The molecule has 0 fully saturated rings. The molecule has 0 aliphatic heterocycles. The van der Waals surface area contributed by atoms with Gasteiger partial charge in [-0.3, -0.25) is 0 Å². The van der Waals surface area contributed by atoms with Crippen LogP contribution in [0, 0.1) is 0 Å². The van der Waals surface area contributed by atoms with Crippen LogP contribution in [0.25, 0.3) is 0 Å². The van der Waals surface area contributed by atoms with Gasteiger partial charge in [0.2, 0.25) is 0 Å². The van der Waals surface area contributed by atoms with Gasteiger partial charge in [0, 0.05) is 48.5 Å². The lowest BCUT2D eigenvalue weighted by atomic mass is 10.3. The van der Waals surface area contributed by atoms with E-state index in [-0.39, 0.29) is 49.6 Å². The molecule has 0 aliphatic rings. The van der Waals surface area contributed by atoms with E-state index >= 15 is 0 Å². The molecule has 20 heavy (non-hydrogen) atoms. The first-order valence-corrected chi connectivity index (χ1v) is 5.06. The molecule has 0 amide bonds. The lowest BCUT2D eigenvalue weighted by molar-refractivity contribution is -0.260. The Balaban J connectivity index is -0.000000107. The standard InChI is InChI=1S/2C6H8N2.4ClH/c2*7-5-1-2-6(8)4-3-5;;;;/h2*1-4H,7-8H2;4*1H. The van der Waals surface area contributed by atoms with E-state index in [1.807, 2.05) is 48.5 Å². The second kappa shape index (κ2) is 14.8. The van der Waals surface area contributed by atoms with Crippen LogP contribution in [0.3, 0.4) is 0 Å². The molecule has 0 aliphatic carbocycles. The van der Waals surface area contributed by atoms with Crippen LogP contribution in [0.2, 0.25) is 0 Å². The Labute approximate surface area is 143 Å². The normalized spacial score (nSPS) is 7.40. The second-order valence-electron chi connectivity index (χ2n) is 3.63. The van der Waals surface area contributed by atoms with Crippen LogP contribution in [0.15, 0.2) is 48.5 Å². The average Bonchev–Trinajstić information content (AvgIpc) is 2.28. The highest BCUT2D eigenvalue weighted by Gasteiger charge is 1.88. The Hall–Kier alpha value is -0.560. The fourth-order valence-corrected chi connectivity index (χ4v) is 1.08. The zero-order valence-corrected chi connectivity index (χ0v) is 14.0.